The van der Waals surface area contributed by atoms with Crippen LogP contribution in [0.1, 0.15) is 10.4 Å². The molecule has 0 heterocycles. The van der Waals surface area contributed by atoms with E-state index in [9.17, 15) is 26.7 Å². The van der Waals surface area contributed by atoms with Crippen LogP contribution in [0, 0.1) is 29.1 Å². The van der Waals surface area contributed by atoms with Gasteiger partial charge in [-0.3, -0.25) is 0 Å². The van der Waals surface area contributed by atoms with Crippen LogP contribution < -0.4 is 0 Å². The molecule has 0 spiro atoms. The van der Waals surface area contributed by atoms with E-state index in [0.29, 0.717) is 12.1 Å². The average molecular weight is 411 g/mol. The van der Waals surface area contributed by atoms with E-state index in [1.807, 2.05) is 0 Å². The Morgan fingerprint density at radius 1 is 0.714 bits per heavy atom. The number of carbonyl (C=O) groups is 1. The summed E-state index contributed by atoms with van der Waals surface area (Å²) < 4.78 is 73.9. The molecule has 0 aliphatic carbocycles. The van der Waals surface area contributed by atoms with Crippen molar-refractivity contribution < 1.29 is 31.5 Å². The monoisotopic (exact) mass is 411 g/mol. The van der Waals surface area contributed by atoms with Gasteiger partial charge in [-0.15, -0.1) is 0 Å². The number of esters is 1. The van der Waals surface area contributed by atoms with Crippen molar-refractivity contribution in [1.82, 2.24) is 0 Å². The Labute approximate surface area is 159 Å². The Balaban J connectivity index is 2.21. The minimum atomic E-state index is -1.44. The molecule has 8 heteroatoms. The van der Waals surface area contributed by atoms with Gasteiger partial charge in [-0.05, 0) is 12.1 Å². The standard InChI is InChI=1S/C20H12F5O2S/c1-27-20(26)18-3-2-15(10-19(18)25)28(16-6-11(21)4-12(22)7-16)17-8-13(23)5-14(24)9-17/h2-10H,1H3/q+1. The molecule has 2 nitrogen and oxygen atoms in total. The molecular formula is C20H12F5O2S+. The summed E-state index contributed by atoms with van der Waals surface area (Å²) in [6.45, 7) is 0. The number of rotatable bonds is 4. The van der Waals surface area contributed by atoms with Crippen LogP contribution in [0.4, 0.5) is 22.0 Å². The van der Waals surface area contributed by atoms with E-state index in [-0.39, 0.29) is 20.2 Å². The van der Waals surface area contributed by atoms with Gasteiger partial charge in [0.05, 0.1) is 23.6 Å². The van der Waals surface area contributed by atoms with Gasteiger partial charge in [0.25, 0.3) is 0 Å². The lowest BCUT2D eigenvalue weighted by atomic mass is 10.2. The molecule has 3 rings (SSSR count). The van der Waals surface area contributed by atoms with Crippen LogP contribution in [0.2, 0.25) is 0 Å². The van der Waals surface area contributed by atoms with Crippen molar-refractivity contribution in [2.24, 2.45) is 0 Å². The lowest BCUT2D eigenvalue weighted by molar-refractivity contribution is 0.0595. The zero-order valence-electron chi connectivity index (χ0n) is 14.3. The van der Waals surface area contributed by atoms with E-state index in [0.717, 1.165) is 43.5 Å². The molecule has 0 unspecified atom stereocenters. The molecule has 3 aromatic carbocycles. The van der Waals surface area contributed by atoms with Gasteiger partial charge in [-0.25, -0.2) is 26.7 Å². The first-order chi connectivity index (χ1) is 13.3. The second-order valence-corrected chi connectivity index (χ2v) is 7.68. The van der Waals surface area contributed by atoms with Crippen LogP contribution in [0.3, 0.4) is 0 Å². The third-order valence-corrected chi connectivity index (χ3v) is 5.86. The summed E-state index contributed by atoms with van der Waals surface area (Å²) in [7, 11) is -0.353. The van der Waals surface area contributed by atoms with Gasteiger partial charge in [0.1, 0.15) is 29.1 Å². The molecule has 0 N–H and O–H groups in total. The summed E-state index contributed by atoms with van der Waals surface area (Å²) in [6, 6.07) is 8.76. The first-order valence-electron chi connectivity index (χ1n) is 7.83. The molecule has 0 saturated heterocycles. The van der Waals surface area contributed by atoms with E-state index in [1.54, 1.807) is 0 Å². The average Bonchev–Trinajstić information content (AvgIpc) is 2.60. The highest BCUT2D eigenvalue weighted by atomic mass is 32.2. The van der Waals surface area contributed by atoms with Crippen molar-refractivity contribution in [3.63, 3.8) is 0 Å². The minimum Gasteiger partial charge on any atom is -0.465 e. The fourth-order valence-electron chi connectivity index (χ4n) is 2.60. The fourth-order valence-corrected chi connectivity index (χ4v) is 4.76. The zero-order chi connectivity index (χ0) is 20.4. The highest BCUT2D eigenvalue weighted by Gasteiger charge is 2.32. The van der Waals surface area contributed by atoms with Crippen molar-refractivity contribution in [2.75, 3.05) is 7.11 Å². The largest absolute Gasteiger partial charge is 0.465 e. The van der Waals surface area contributed by atoms with Crippen LogP contribution in [0.5, 0.6) is 0 Å². The smallest absolute Gasteiger partial charge is 0.340 e. The Kier molecular flexibility index (Phi) is 5.69. The van der Waals surface area contributed by atoms with Gasteiger partial charge >= 0.3 is 5.97 Å². The molecule has 0 bridgehead atoms. The van der Waals surface area contributed by atoms with E-state index >= 15 is 0 Å². The maximum absolute atomic E-state index is 14.4. The second kappa shape index (κ2) is 8.02. The van der Waals surface area contributed by atoms with Gasteiger partial charge in [0, 0.05) is 42.5 Å². The molecule has 0 saturated carbocycles. The molecule has 0 atom stereocenters. The van der Waals surface area contributed by atoms with Crippen molar-refractivity contribution in [2.45, 2.75) is 14.7 Å². The summed E-state index contributed by atoms with van der Waals surface area (Å²) in [4.78, 5) is 11.8. The predicted octanol–water partition coefficient (Wildman–Crippen LogP) is 5.26. The summed E-state index contributed by atoms with van der Waals surface area (Å²) >= 11 is 0. The minimum absolute atomic E-state index is 0.0488. The molecule has 0 aliphatic rings. The molecule has 0 fully saturated rings. The normalized spacial score (nSPS) is 11.0. The lowest BCUT2D eigenvalue weighted by Crippen LogP contribution is -2.10. The molecule has 0 aromatic heterocycles. The Bertz CT molecular complexity index is 963. The van der Waals surface area contributed by atoms with Crippen LogP contribution in [-0.2, 0) is 15.6 Å². The maximum Gasteiger partial charge on any atom is 0.340 e. The third-order valence-electron chi connectivity index (χ3n) is 3.73. The van der Waals surface area contributed by atoms with Crippen molar-refractivity contribution in [1.29, 1.82) is 0 Å². The molecule has 144 valence electrons. The van der Waals surface area contributed by atoms with E-state index in [4.69, 9.17) is 0 Å². The number of halogens is 5. The molecule has 0 aliphatic heterocycles. The molecule has 0 radical (unpaired) electrons. The van der Waals surface area contributed by atoms with Crippen LogP contribution in [0.25, 0.3) is 0 Å². The molecule has 3 aromatic rings. The number of hydrogen-bond acceptors (Lipinski definition) is 2. The number of hydrogen-bond donors (Lipinski definition) is 0. The fraction of sp³-hybridized carbons (Fsp3) is 0.0500. The SMILES string of the molecule is COC(=O)c1ccc([S+](c2cc(F)cc(F)c2)c2cc(F)cc(F)c2)cc1F. The van der Waals surface area contributed by atoms with Crippen molar-refractivity contribution in [3.8, 4) is 0 Å². The van der Waals surface area contributed by atoms with E-state index in [1.165, 1.54) is 6.07 Å². The van der Waals surface area contributed by atoms with Gasteiger partial charge < -0.3 is 4.74 Å². The van der Waals surface area contributed by atoms with Gasteiger partial charge in [-0.1, -0.05) is 0 Å². The Hall–Kier alpha value is -2.87. The van der Waals surface area contributed by atoms with Crippen molar-refractivity contribution >= 4 is 16.9 Å². The number of ether oxygens (including phenoxy) is 1. The Morgan fingerprint density at radius 2 is 1.18 bits per heavy atom. The quantitative estimate of drug-likeness (QED) is 0.332. The van der Waals surface area contributed by atoms with Crippen LogP contribution in [0.15, 0.2) is 69.3 Å². The maximum atomic E-state index is 14.4. The van der Waals surface area contributed by atoms with Crippen LogP contribution >= 0.6 is 0 Å². The first-order valence-corrected chi connectivity index (χ1v) is 9.05. The van der Waals surface area contributed by atoms with Crippen molar-refractivity contribution in [3.05, 3.63) is 89.2 Å². The summed E-state index contributed by atoms with van der Waals surface area (Å²) in [5.41, 5.74) is -0.342. The number of benzene rings is 3. The second-order valence-electron chi connectivity index (χ2n) is 5.65. The highest BCUT2D eigenvalue weighted by Crippen LogP contribution is 2.33. The topological polar surface area (TPSA) is 26.3 Å². The Morgan fingerprint density at radius 3 is 1.57 bits per heavy atom. The summed E-state index contributed by atoms with van der Waals surface area (Å²) in [6.07, 6.45) is 0. The summed E-state index contributed by atoms with van der Waals surface area (Å²) in [5.74, 6) is -5.41. The first kappa shape index (κ1) is 19.9. The predicted molar refractivity (Wildman–Crippen MR) is 92.6 cm³/mol. The lowest BCUT2D eigenvalue weighted by Gasteiger charge is -2.10. The molecular weight excluding hydrogens is 399 g/mol. The number of methoxy groups -OCH3 is 1. The zero-order valence-corrected chi connectivity index (χ0v) is 15.1. The molecule has 0 amide bonds. The van der Waals surface area contributed by atoms with E-state index in [2.05, 4.69) is 4.74 Å². The molecule has 28 heavy (non-hydrogen) atoms. The van der Waals surface area contributed by atoms with Gasteiger partial charge in [0.2, 0.25) is 0 Å². The van der Waals surface area contributed by atoms with E-state index < -0.39 is 46.0 Å². The number of carbonyl (C=O) groups excluding carboxylic acids is 1. The van der Waals surface area contributed by atoms with Gasteiger partial charge in [-0.2, -0.15) is 0 Å². The van der Waals surface area contributed by atoms with Gasteiger partial charge in [0.15, 0.2) is 14.7 Å². The third kappa shape index (κ3) is 4.17. The van der Waals surface area contributed by atoms with Crippen LogP contribution in [-0.4, -0.2) is 13.1 Å². The highest BCUT2D eigenvalue weighted by molar-refractivity contribution is 7.97. The summed E-state index contributed by atoms with van der Waals surface area (Å²) in [5, 5.41) is 0.